The first kappa shape index (κ1) is 25.0. The van der Waals surface area contributed by atoms with Crippen LogP contribution < -0.4 is 25.0 Å². The fourth-order valence-corrected chi connectivity index (χ4v) is 2.97. The number of ether oxygens (including phenoxy) is 3. The average Bonchev–Trinajstić information content (AvgIpc) is 2.86. The predicted molar refractivity (Wildman–Crippen MR) is 131 cm³/mol. The fourth-order valence-electron chi connectivity index (χ4n) is 2.97. The molecule has 180 valence electrons. The summed E-state index contributed by atoms with van der Waals surface area (Å²) in [6.45, 7) is 4.22. The van der Waals surface area contributed by atoms with Crippen molar-refractivity contribution in [1.29, 1.82) is 0 Å². The van der Waals surface area contributed by atoms with Gasteiger partial charge in [0.15, 0.2) is 11.5 Å². The Hall–Kier alpha value is -4.66. The Morgan fingerprint density at radius 2 is 1.69 bits per heavy atom. The topological polar surface area (TPSA) is 115 Å². The van der Waals surface area contributed by atoms with Gasteiger partial charge in [-0.25, -0.2) is 10.2 Å². The van der Waals surface area contributed by atoms with Gasteiger partial charge in [0.05, 0.1) is 25.5 Å². The summed E-state index contributed by atoms with van der Waals surface area (Å²) < 4.78 is 16.1. The van der Waals surface area contributed by atoms with Crippen molar-refractivity contribution < 1.29 is 28.6 Å². The molecule has 0 unspecified atom stereocenters. The van der Waals surface area contributed by atoms with Gasteiger partial charge in [0, 0.05) is 5.69 Å². The van der Waals surface area contributed by atoms with Gasteiger partial charge in [-0.1, -0.05) is 18.2 Å². The predicted octanol–water partition coefficient (Wildman–Crippen LogP) is 3.71. The van der Waals surface area contributed by atoms with Gasteiger partial charge >= 0.3 is 17.8 Å². The molecule has 2 N–H and O–H groups in total. The first-order chi connectivity index (χ1) is 16.9. The molecule has 0 aliphatic rings. The number of hydrogen-bond acceptors (Lipinski definition) is 7. The molecule has 0 bridgehead atoms. The highest BCUT2D eigenvalue weighted by Gasteiger charge is 2.15. The highest BCUT2D eigenvalue weighted by atomic mass is 16.6. The summed E-state index contributed by atoms with van der Waals surface area (Å²) in [6.07, 6.45) is 1.33. The summed E-state index contributed by atoms with van der Waals surface area (Å²) >= 11 is 0. The van der Waals surface area contributed by atoms with Crippen LogP contribution in [0.1, 0.15) is 28.4 Å². The number of carbonyl (C=O) groups is 3. The molecule has 0 aromatic heterocycles. The van der Waals surface area contributed by atoms with Crippen molar-refractivity contribution in [2.24, 2.45) is 5.10 Å². The smallest absolute Gasteiger partial charge is 0.343 e. The van der Waals surface area contributed by atoms with Crippen LogP contribution in [-0.2, 0) is 9.59 Å². The Morgan fingerprint density at radius 1 is 0.943 bits per heavy atom. The van der Waals surface area contributed by atoms with E-state index in [0.29, 0.717) is 29.2 Å². The third kappa shape index (κ3) is 6.91. The maximum absolute atomic E-state index is 12.5. The molecule has 3 aromatic carbocycles. The van der Waals surface area contributed by atoms with Gasteiger partial charge < -0.3 is 19.5 Å². The number of rotatable bonds is 8. The van der Waals surface area contributed by atoms with Crippen molar-refractivity contribution in [2.75, 3.05) is 19.0 Å². The van der Waals surface area contributed by atoms with Gasteiger partial charge in [-0.05, 0) is 73.5 Å². The monoisotopic (exact) mass is 475 g/mol. The van der Waals surface area contributed by atoms with Gasteiger partial charge in [0.25, 0.3) is 0 Å². The first-order valence-corrected chi connectivity index (χ1v) is 10.7. The molecular weight excluding hydrogens is 450 g/mol. The highest BCUT2D eigenvalue weighted by molar-refractivity contribution is 6.39. The maximum Gasteiger partial charge on any atom is 0.343 e. The number of hydrogen-bond donors (Lipinski definition) is 2. The zero-order valence-corrected chi connectivity index (χ0v) is 19.5. The van der Waals surface area contributed by atoms with Crippen LogP contribution in [0, 0.1) is 6.92 Å². The van der Waals surface area contributed by atoms with Crippen LogP contribution in [-0.4, -0.2) is 37.7 Å². The van der Waals surface area contributed by atoms with Gasteiger partial charge in [-0.15, -0.1) is 0 Å². The van der Waals surface area contributed by atoms with Crippen LogP contribution in [0.4, 0.5) is 5.69 Å². The molecule has 35 heavy (non-hydrogen) atoms. The molecule has 9 heteroatoms. The van der Waals surface area contributed by atoms with Crippen LogP contribution in [0.3, 0.4) is 0 Å². The third-order valence-corrected chi connectivity index (χ3v) is 4.77. The molecule has 0 radical (unpaired) electrons. The van der Waals surface area contributed by atoms with E-state index in [1.807, 2.05) is 26.0 Å². The molecule has 3 rings (SSSR count). The van der Waals surface area contributed by atoms with E-state index in [0.717, 1.165) is 5.56 Å². The number of esters is 1. The second-order valence-corrected chi connectivity index (χ2v) is 7.23. The molecule has 0 saturated heterocycles. The Labute approximate surface area is 202 Å². The first-order valence-electron chi connectivity index (χ1n) is 10.7. The maximum atomic E-state index is 12.5. The minimum Gasteiger partial charge on any atom is -0.494 e. The zero-order valence-electron chi connectivity index (χ0n) is 19.5. The molecule has 0 heterocycles. The Balaban J connectivity index is 1.60. The van der Waals surface area contributed by atoms with Gasteiger partial charge in [0.1, 0.15) is 5.75 Å². The summed E-state index contributed by atoms with van der Waals surface area (Å²) in [7, 11) is 1.43. The van der Waals surface area contributed by atoms with Crippen LogP contribution in [0.25, 0.3) is 0 Å². The van der Waals surface area contributed by atoms with Crippen LogP contribution in [0.2, 0.25) is 0 Å². The summed E-state index contributed by atoms with van der Waals surface area (Å²) in [4.78, 5) is 36.5. The van der Waals surface area contributed by atoms with E-state index >= 15 is 0 Å². The molecule has 0 spiro atoms. The second kappa shape index (κ2) is 12.0. The number of anilines is 1. The lowest BCUT2D eigenvalue weighted by Crippen LogP contribution is -2.32. The Morgan fingerprint density at radius 3 is 2.37 bits per heavy atom. The van der Waals surface area contributed by atoms with Crippen LogP contribution in [0.5, 0.6) is 17.2 Å². The molecular formula is C26H25N3O6. The number of aryl methyl sites for hydroxylation is 1. The minimum atomic E-state index is -0.919. The normalized spacial score (nSPS) is 10.5. The molecule has 0 aliphatic carbocycles. The number of nitrogens with one attached hydrogen (secondary N) is 2. The highest BCUT2D eigenvalue weighted by Crippen LogP contribution is 2.28. The van der Waals surface area contributed by atoms with Crippen LogP contribution in [0.15, 0.2) is 71.8 Å². The Bertz CT molecular complexity index is 1240. The van der Waals surface area contributed by atoms with Crippen molar-refractivity contribution in [1.82, 2.24) is 5.43 Å². The van der Waals surface area contributed by atoms with Gasteiger partial charge in [-0.3, -0.25) is 9.59 Å². The van der Waals surface area contributed by atoms with Crippen LogP contribution >= 0.6 is 0 Å². The standard InChI is InChI=1S/C26H25N3O6/c1-4-34-20-12-10-19(11-13-20)26(32)35-22-14-9-18(15-23(22)33-3)16-27-29-25(31)24(30)28-21-8-6-5-7-17(21)2/h5-16H,4H2,1-3H3,(H,28,30)(H,29,31)/b27-16+. The molecule has 2 amide bonds. The number of benzene rings is 3. The number of hydrazone groups is 1. The molecule has 3 aromatic rings. The fraction of sp³-hybridized carbons (Fsp3) is 0.154. The minimum absolute atomic E-state index is 0.213. The van der Waals surface area contributed by atoms with E-state index in [-0.39, 0.29) is 11.5 Å². The van der Waals surface area contributed by atoms with Gasteiger partial charge in [0.2, 0.25) is 0 Å². The van der Waals surface area contributed by atoms with Crippen molar-refractivity contribution in [3.05, 3.63) is 83.4 Å². The third-order valence-electron chi connectivity index (χ3n) is 4.77. The lowest BCUT2D eigenvalue weighted by molar-refractivity contribution is -0.136. The lowest BCUT2D eigenvalue weighted by Gasteiger charge is -2.10. The quantitative estimate of drug-likeness (QED) is 0.169. The zero-order chi connectivity index (χ0) is 25.2. The van der Waals surface area contributed by atoms with Crippen molar-refractivity contribution >= 4 is 29.7 Å². The van der Waals surface area contributed by atoms with E-state index in [1.54, 1.807) is 54.6 Å². The molecule has 9 nitrogen and oxygen atoms in total. The Kier molecular flexibility index (Phi) is 8.55. The molecule has 0 aliphatic heterocycles. The van der Waals surface area contributed by atoms with E-state index in [2.05, 4.69) is 15.8 Å². The van der Waals surface area contributed by atoms with E-state index < -0.39 is 17.8 Å². The second-order valence-electron chi connectivity index (χ2n) is 7.23. The number of para-hydroxylation sites is 1. The van der Waals surface area contributed by atoms with Crippen molar-refractivity contribution in [3.63, 3.8) is 0 Å². The lowest BCUT2D eigenvalue weighted by atomic mass is 10.2. The molecule has 0 atom stereocenters. The van der Waals surface area contributed by atoms with Crippen molar-refractivity contribution in [2.45, 2.75) is 13.8 Å². The number of amides is 2. The van der Waals surface area contributed by atoms with Crippen molar-refractivity contribution in [3.8, 4) is 17.2 Å². The number of nitrogens with zero attached hydrogens (tertiary/aromatic N) is 1. The van der Waals surface area contributed by atoms with Gasteiger partial charge in [-0.2, -0.15) is 5.10 Å². The van der Waals surface area contributed by atoms with E-state index in [1.165, 1.54) is 13.3 Å². The number of methoxy groups -OCH3 is 1. The summed E-state index contributed by atoms with van der Waals surface area (Å²) in [5, 5.41) is 6.33. The largest absolute Gasteiger partial charge is 0.494 e. The molecule has 0 fully saturated rings. The summed E-state index contributed by atoms with van der Waals surface area (Å²) in [6, 6.07) is 18.4. The summed E-state index contributed by atoms with van der Waals surface area (Å²) in [5.41, 5.74) is 4.44. The van der Waals surface area contributed by atoms with E-state index in [9.17, 15) is 14.4 Å². The SMILES string of the molecule is CCOc1ccc(C(=O)Oc2ccc(/C=N/NC(=O)C(=O)Nc3ccccc3C)cc2OC)cc1. The van der Waals surface area contributed by atoms with E-state index in [4.69, 9.17) is 14.2 Å². The average molecular weight is 476 g/mol. The molecule has 0 saturated carbocycles. The summed E-state index contributed by atoms with van der Waals surface area (Å²) in [5.74, 6) is -1.16. The number of carbonyl (C=O) groups excluding carboxylic acids is 3.